The summed E-state index contributed by atoms with van der Waals surface area (Å²) in [4.78, 5) is 20.4. The quantitative estimate of drug-likeness (QED) is 0.426. The Kier molecular flexibility index (Phi) is 6.96. The fourth-order valence-electron chi connectivity index (χ4n) is 3.97. The van der Waals surface area contributed by atoms with E-state index in [2.05, 4.69) is 26.5 Å². The van der Waals surface area contributed by atoms with E-state index >= 15 is 0 Å². The van der Waals surface area contributed by atoms with Crippen LogP contribution in [0.1, 0.15) is 40.0 Å². The van der Waals surface area contributed by atoms with Gasteiger partial charge in [0.05, 0.1) is 12.1 Å². The number of aliphatic hydroxyl groups excluding tert-OH is 1. The van der Waals surface area contributed by atoms with Crippen molar-refractivity contribution in [3.05, 3.63) is 95.1 Å². The van der Waals surface area contributed by atoms with Crippen LogP contribution < -0.4 is 10.6 Å². The number of carbonyl (C=O) groups excluding carboxylic acids is 1. The molecule has 6 nitrogen and oxygen atoms in total. The number of amides is 1. The smallest absolute Gasteiger partial charge is 0.270 e. The zero-order valence-electron chi connectivity index (χ0n) is 18.3. The number of hydrogen-bond acceptors (Lipinski definition) is 5. The number of nitrogens with zero attached hydrogens (tertiary/aromatic N) is 2. The van der Waals surface area contributed by atoms with Gasteiger partial charge in [-0.2, -0.15) is 0 Å². The van der Waals surface area contributed by atoms with E-state index in [4.69, 9.17) is 6.42 Å². The molecule has 1 amide bonds. The second-order valence-corrected chi connectivity index (χ2v) is 8.41. The van der Waals surface area contributed by atoms with Gasteiger partial charge in [-0.1, -0.05) is 18.1 Å². The predicted octanol–water partition coefficient (Wildman–Crippen LogP) is 2.72. The minimum atomic E-state index is -1.05. The molecular formula is C26H24F2N4O2. The van der Waals surface area contributed by atoms with E-state index in [1.54, 1.807) is 0 Å². The second kappa shape index (κ2) is 10.1. The van der Waals surface area contributed by atoms with E-state index in [-0.39, 0.29) is 24.2 Å². The summed E-state index contributed by atoms with van der Waals surface area (Å²) in [6.07, 6.45) is 8.91. The molecule has 0 spiro atoms. The van der Waals surface area contributed by atoms with E-state index < -0.39 is 29.7 Å². The maximum Gasteiger partial charge on any atom is 0.270 e. The Morgan fingerprint density at radius 1 is 1.18 bits per heavy atom. The highest BCUT2D eigenvalue weighted by atomic mass is 19.1. The number of aliphatic hydroxyl groups is 1. The molecule has 4 rings (SSSR count). The molecule has 0 bridgehead atoms. The molecule has 0 saturated heterocycles. The average Bonchev–Trinajstić information content (AvgIpc) is 3.63. The molecule has 1 heterocycles. The van der Waals surface area contributed by atoms with Crippen LogP contribution in [0.15, 0.2) is 61.1 Å². The van der Waals surface area contributed by atoms with Crippen LogP contribution in [0.4, 0.5) is 8.78 Å². The zero-order chi connectivity index (χ0) is 24.1. The summed E-state index contributed by atoms with van der Waals surface area (Å²) in [5.74, 6) is 0.650. The lowest BCUT2D eigenvalue weighted by molar-refractivity contribution is 0.0817. The minimum absolute atomic E-state index is 0.0218. The largest absolute Gasteiger partial charge is 0.390 e. The van der Waals surface area contributed by atoms with Crippen LogP contribution in [0.3, 0.4) is 0 Å². The summed E-state index contributed by atoms with van der Waals surface area (Å²) < 4.78 is 27.5. The Bertz CT molecular complexity index is 1190. The molecule has 2 unspecified atom stereocenters. The predicted molar refractivity (Wildman–Crippen MR) is 123 cm³/mol. The Morgan fingerprint density at radius 3 is 2.59 bits per heavy atom. The third kappa shape index (κ3) is 5.63. The number of benzene rings is 2. The van der Waals surface area contributed by atoms with E-state index in [9.17, 15) is 18.7 Å². The zero-order valence-corrected chi connectivity index (χ0v) is 18.3. The summed E-state index contributed by atoms with van der Waals surface area (Å²) in [5, 5.41) is 17.2. The van der Waals surface area contributed by atoms with Gasteiger partial charge in [0.15, 0.2) is 0 Å². The number of rotatable bonds is 9. The van der Waals surface area contributed by atoms with Gasteiger partial charge in [0.25, 0.3) is 5.91 Å². The van der Waals surface area contributed by atoms with Gasteiger partial charge < -0.3 is 15.7 Å². The maximum atomic E-state index is 13.7. The summed E-state index contributed by atoms with van der Waals surface area (Å²) in [6, 6.07) is 11.4. The van der Waals surface area contributed by atoms with Crippen molar-refractivity contribution in [2.45, 2.75) is 36.9 Å². The number of aromatic nitrogens is 2. The van der Waals surface area contributed by atoms with Crippen molar-refractivity contribution in [3.63, 3.8) is 0 Å². The molecule has 1 fully saturated rings. The number of hydrogen-bond donors (Lipinski definition) is 3. The fourth-order valence-corrected chi connectivity index (χ4v) is 3.97. The van der Waals surface area contributed by atoms with E-state index in [0.29, 0.717) is 5.56 Å². The molecule has 174 valence electrons. The molecule has 2 atom stereocenters. The molecule has 8 heteroatoms. The van der Waals surface area contributed by atoms with Crippen LogP contribution >= 0.6 is 0 Å². The highest BCUT2D eigenvalue weighted by Gasteiger charge is 2.44. The first-order valence-electron chi connectivity index (χ1n) is 10.9. The van der Waals surface area contributed by atoms with Crippen molar-refractivity contribution < 1.29 is 18.7 Å². The van der Waals surface area contributed by atoms with Gasteiger partial charge in [-0.05, 0) is 60.7 Å². The molecule has 1 aromatic heterocycles. The van der Waals surface area contributed by atoms with Crippen molar-refractivity contribution in [1.82, 2.24) is 20.6 Å². The first-order valence-corrected chi connectivity index (χ1v) is 10.9. The Labute approximate surface area is 196 Å². The SMILES string of the molecule is C#Cc1cccc(C2(NCC(O)C(Cc3cc(F)cc(F)c3)NC(=O)c3ccncn3)CC2)c1. The van der Waals surface area contributed by atoms with Crippen molar-refractivity contribution in [2.75, 3.05) is 6.54 Å². The van der Waals surface area contributed by atoms with Crippen LogP contribution in [0.5, 0.6) is 0 Å². The number of carbonyl (C=O) groups is 1. The van der Waals surface area contributed by atoms with Crippen molar-refractivity contribution in [3.8, 4) is 12.3 Å². The summed E-state index contributed by atoms with van der Waals surface area (Å²) >= 11 is 0. The first kappa shape index (κ1) is 23.5. The number of halogens is 2. The molecule has 1 aliphatic carbocycles. The van der Waals surface area contributed by atoms with Gasteiger partial charge in [-0.3, -0.25) is 4.79 Å². The number of nitrogens with one attached hydrogen (secondary N) is 2. The van der Waals surface area contributed by atoms with Crippen LogP contribution in [-0.4, -0.2) is 39.7 Å². The molecule has 2 aromatic carbocycles. The van der Waals surface area contributed by atoms with Crippen LogP contribution in [0.2, 0.25) is 0 Å². The monoisotopic (exact) mass is 462 g/mol. The summed E-state index contributed by atoms with van der Waals surface area (Å²) in [7, 11) is 0. The molecule has 3 N–H and O–H groups in total. The summed E-state index contributed by atoms with van der Waals surface area (Å²) in [5.41, 5.74) is 1.93. The molecule has 3 aromatic rings. The molecule has 1 aliphatic rings. The first-order chi connectivity index (χ1) is 16.4. The molecular weight excluding hydrogens is 438 g/mol. The van der Waals surface area contributed by atoms with Crippen molar-refractivity contribution in [1.29, 1.82) is 0 Å². The molecule has 1 saturated carbocycles. The number of terminal acetylenes is 1. The van der Waals surface area contributed by atoms with Crippen molar-refractivity contribution in [2.24, 2.45) is 0 Å². The average molecular weight is 463 g/mol. The molecule has 0 radical (unpaired) electrons. The van der Waals surface area contributed by atoms with E-state index in [0.717, 1.165) is 30.0 Å². The lowest BCUT2D eigenvalue weighted by atomic mass is 9.98. The normalized spacial score (nSPS) is 15.7. The van der Waals surface area contributed by atoms with Gasteiger partial charge in [-0.25, -0.2) is 18.7 Å². The third-order valence-corrected chi connectivity index (χ3v) is 5.95. The lowest BCUT2D eigenvalue weighted by Crippen LogP contribution is -2.50. The van der Waals surface area contributed by atoms with Crippen LogP contribution in [0, 0.1) is 24.0 Å². The standard InChI is InChI=1S/C26H24F2N4O2/c1-2-17-4-3-5-19(10-17)26(7-8-26)31-15-24(33)23(13-18-11-20(27)14-21(28)12-18)32-25(34)22-6-9-29-16-30-22/h1,3-6,9-12,14,16,23-24,31,33H,7-8,13,15H2,(H,32,34). The topological polar surface area (TPSA) is 87.1 Å². The Hall–Kier alpha value is -3.67. The van der Waals surface area contributed by atoms with Gasteiger partial charge in [-0.15, -0.1) is 6.42 Å². The fraction of sp³-hybridized carbons (Fsp3) is 0.269. The second-order valence-electron chi connectivity index (χ2n) is 8.41. The van der Waals surface area contributed by atoms with Gasteiger partial charge in [0.1, 0.15) is 23.7 Å². The van der Waals surface area contributed by atoms with E-state index in [1.165, 1.54) is 30.7 Å². The lowest BCUT2D eigenvalue weighted by Gasteiger charge is -2.27. The van der Waals surface area contributed by atoms with Gasteiger partial charge >= 0.3 is 0 Å². The van der Waals surface area contributed by atoms with E-state index in [1.807, 2.05) is 24.3 Å². The van der Waals surface area contributed by atoms with Crippen molar-refractivity contribution >= 4 is 5.91 Å². The maximum absolute atomic E-state index is 13.7. The minimum Gasteiger partial charge on any atom is -0.390 e. The molecule has 34 heavy (non-hydrogen) atoms. The third-order valence-electron chi connectivity index (χ3n) is 5.95. The highest BCUT2D eigenvalue weighted by molar-refractivity contribution is 5.92. The van der Waals surface area contributed by atoms with Gasteiger partial charge in [0.2, 0.25) is 0 Å². The molecule has 0 aliphatic heterocycles. The van der Waals surface area contributed by atoms with Crippen LogP contribution in [-0.2, 0) is 12.0 Å². The summed E-state index contributed by atoms with van der Waals surface area (Å²) in [6.45, 7) is 0.146. The Morgan fingerprint density at radius 2 is 1.94 bits per heavy atom. The Balaban J connectivity index is 1.50. The highest BCUT2D eigenvalue weighted by Crippen LogP contribution is 2.45. The van der Waals surface area contributed by atoms with Crippen LogP contribution in [0.25, 0.3) is 0 Å². The van der Waals surface area contributed by atoms with Gasteiger partial charge in [0, 0.05) is 29.9 Å².